The second kappa shape index (κ2) is 4.96. The minimum absolute atomic E-state index is 0.0651. The number of methoxy groups -OCH3 is 2. The Morgan fingerprint density at radius 2 is 2.06 bits per heavy atom. The van der Waals surface area contributed by atoms with Gasteiger partial charge >= 0.3 is 0 Å². The highest BCUT2D eigenvalue weighted by atomic mass is 19.1. The summed E-state index contributed by atoms with van der Waals surface area (Å²) < 4.78 is 24.3. The first-order valence-electron chi connectivity index (χ1n) is 6.05. The topological polar surface area (TPSA) is 35.5 Å². The van der Waals surface area contributed by atoms with Crippen molar-refractivity contribution in [1.29, 1.82) is 0 Å². The Labute approximate surface area is 106 Å². The molecule has 1 aliphatic carbocycles. The van der Waals surface area contributed by atoms with Gasteiger partial charge in [0.25, 0.3) is 0 Å². The van der Waals surface area contributed by atoms with Crippen LogP contribution in [0, 0.1) is 11.7 Å². The summed E-state index contributed by atoms with van der Waals surface area (Å²) in [7, 11) is 2.91. The molecule has 1 aromatic carbocycles. The molecule has 4 heteroatoms. The number of fused-ring (bicyclic) bond motifs is 1. The van der Waals surface area contributed by atoms with Gasteiger partial charge in [-0.2, -0.15) is 0 Å². The van der Waals surface area contributed by atoms with E-state index in [2.05, 4.69) is 0 Å². The zero-order valence-electron chi connectivity index (χ0n) is 10.9. The average Bonchev–Trinajstić information content (AvgIpc) is 2.49. The third-order valence-electron chi connectivity index (χ3n) is 3.42. The maximum absolute atomic E-state index is 14.0. The van der Waals surface area contributed by atoms with Crippen molar-refractivity contribution >= 4 is 5.78 Å². The van der Waals surface area contributed by atoms with Gasteiger partial charge < -0.3 is 9.47 Å². The molecule has 18 heavy (non-hydrogen) atoms. The minimum atomic E-state index is -0.384. The summed E-state index contributed by atoms with van der Waals surface area (Å²) in [5.41, 5.74) is 0.820. The van der Waals surface area contributed by atoms with Gasteiger partial charge in [-0.3, -0.25) is 4.79 Å². The van der Waals surface area contributed by atoms with E-state index in [4.69, 9.17) is 9.47 Å². The second-order valence-corrected chi connectivity index (χ2v) is 4.72. The number of hydrogen-bond donors (Lipinski definition) is 0. The summed E-state index contributed by atoms with van der Waals surface area (Å²) in [6.07, 6.45) is 1.80. The number of Topliss-reactive ketones (excluding diaryl/α,β-unsaturated/α-hetero) is 1. The van der Waals surface area contributed by atoms with Crippen LogP contribution >= 0.6 is 0 Å². The van der Waals surface area contributed by atoms with E-state index in [1.807, 2.05) is 6.92 Å². The van der Waals surface area contributed by atoms with Crippen molar-refractivity contribution in [1.82, 2.24) is 0 Å². The minimum Gasteiger partial charge on any atom is -0.493 e. The molecule has 0 radical (unpaired) electrons. The predicted molar refractivity (Wildman–Crippen MR) is 65.9 cm³/mol. The van der Waals surface area contributed by atoms with Crippen LogP contribution in [-0.2, 0) is 6.42 Å². The quantitative estimate of drug-likeness (QED) is 0.759. The molecule has 0 N–H and O–H groups in total. The lowest BCUT2D eigenvalue weighted by Crippen LogP contribution is -2.08. The van der Waals surface area contributed by atoms with Gasteiger partial charge in [0.1, 0.15) is 5.82 Å². The van der Waals surface area contributed by atoms with E-state index in [0.29, 0.717) is 29.7 Å². The lowest BCUT2D eigenvalue weighted by atomic mass is 9.99. The van der Waals surface area contributed by atoms with Crippen molar-refractivity contribution in [3.8, 4) is 11.5 Å². The van der Waals surface area contributed by atoms with Crippen molar-refractivity contribution in [2.75, 3.05) is 14.2 Å². The standard InChI is InChI=1S/C14H17FO3/c1-8-4-5-9-10(15)7-12(17-2)14(18-3)13(9)11(16)6-8/h7-8H,4-6H2,1-3H3. The molecule has 0 heterocycles. The molecule has 1 aliphatic rings. The molecule has 0 fully saturated rings. The van der Waals surface area contributed by atoms with Gasteiger partial charge in [-0.15, -0.1) is 0 Å². The molecule has 1 atom stereocenters. The van der Waals surface area contributed by atoms with Crippen molar-refractivity contribution in [2.24, 2.45) is 5.92 Å². The van der Waals surface area contributed by atoms with Crippen LogP contribution in [0.1, 0.15) is 35.7 Å². The van der Waals surface area contributed by atoms with Crippen LogP contribution in [0.2, 0.25) is 0 Å². The Kier molecular flexibility index (Phi) is 3.55. The number of halogens is 1. The summed E-state index contributed by atoms with van der Waals surface area (Å²) in [4.78, 5) is 12.2. The molecular formula is C14H17FO3. The summed E-state index contributed by atoms with van der Waals surface area (Å²) in [5.74, 6) is 0.444. The Hall–Kier alpha value is -1.58. The Morgan fingerprint density at radius 3 is 2.67 bits per heavy atom. The maximum atomic E-state index is 14.0. The molecule has 0 spiro atoms. The number of benzene rings is 1. The first kappa shape index (κ1) is 12.9. The third-order valence-corrected chi connectivity index (χ3v) is 3.42. The van der Waals surface area contributed by atoms with Gasteiger partial charge in [-0.1, -0.05) is 6.92 Å². The second-order valence-electron chi connectivity index (χ2n) is 4.72. The molecule has 0 amide bonds. The van der Waals surface area contributed by atoms with Crippen LogP contribution in [0.5, 0.6) is 11.5 Å². The average molecular weight is 252 g/mol. The number of carbonyl (C=O) groups excluding carboxylic acids is 1. The fourth-order valence-electron chi connectivity index (χ4n) is 2.45. The van der Waals surface area contributed by atoms with Crippen LogP contribution in [0.15, 0.2) is 6.07 Å². The Bertz CT molecular complexity index is 482. The largest absolute Gasteiger partial charge is 0.493 e. The maximum Gasteiger partial charge on any atom is 0.172 e. The van der Waals surface area contributed by atoms with Crippen LogP contribution in [0.3, 0.4) is 0 Å². The van der Waals surface area contributed by atoms with Gasteiger partial charge in [-0.25, -0.2) is 4.39 Å². The molecule has 1 aromatic rings. The number of ether oxygens (including phenoxy) is 2. The predicted octanol–water partition coefficient (Wildman–Crippen LogP) is 3.00. The highest BCUT2D eigenvalue weighted by Crippen LogP contribution is 2.39. The highest BCUT2D eigenvalue weighted by molar-refractivity contribution is 6.01. The molecule has 0 aromatic heterocycles. The van der Waals surface area contributed by atoms with Gasteiger partial charge in [0, 0.05) is 18.1 Å². The smallest absolute Gasteiger partial charge is 0.172 e. The SMILES string of the molecule is COc1cc(F)c2c(c1OC)C(=O)CC(C)CC2. The van der Waals surface area contributed by atoms with Gasteiger partial charge in [0.05, 0.1) is 19.8 Å². The lowest BCUT2D eigenvalue weighted by molar-refractivity contribution is 0.0963. The number of carbonyl (C=O) groups is 1. The Balaban J connectivity index is 2.66. The van der Waals surface area contributed by atoms with Crippen molar-refractivity contribution in [3.05, 3.63) is 23.0 Å². The first-order valence-corrected chi connectivity index (χ1v) is 6.05. The van der Waals surface area contributed by atoms with E-state index < -0.39 is 0 Å². The normalized spacial score (nSPS) is 19.1. The lowest BCUT2D eigenvalue weighted by Gasteiger charge is -2.15. The van der Waals surface area contributed by atoms with Gasteiger partial charge in [0.2, 0.25) is 0 Å². The van der Waals surface area contributed by atoms with E-state index in [1.165, 1.54) is 20.3 Å². The molecular weight excluding hydrogens is 235 g/mol. The zero-order valence-corrected chi connectivity index (χ0v) is 10.9. The highest BCUT2D eigenvalue weighted by Gasteiger charge is 2.28. The van der Waals surface area contributed by atoms with Crippen molar-refractivity contribution in [2.45, 2.75) is 26.2 Å². The zero-order chi connectivity index (χ0) is 13.3. The van der Waals surface area contributed by atoms with Crippen LogP contribution in [0.4, 0.5) is 4.39 Å². The molecule has 0 bridgehead atoms. The first-order chi connectivity index (χ1) is 8.58. The third kappa shape index (κ3) is 2.07. The molecule has 2 rings (SSSR count). The van der Waals surface area contributed by atoms with E-state index in [9.17, 15) is 9.18 Å². The molecule has 0 aliphatic heterocycles. The van der Waals surface area contributed by atoms with E-state index in [1.54, 1.807) is 0 Å². The number of hydrogen-bond acceptors (Lipinski definition) is 3. The molecule has 3 nitrogen and oxygen atoms in total. The van der Waals surface area contributed by atoms with E-state index in [0.717, 1.165) is 6.42 Å². The number of rotatable bonds is 2. The summed E-state index contributed by atoms with van der Waals surface area (Å²) in [6.45, 7) is 2.01. The summed E-state index contributed by atoms with van der Waals surface area (Å²) >= 11 is 0. The number of ketones is 1. The molecule has 0 saturated carbocycles. The monoisotopic (exact) mass is 252 g/mol. The Morgan fingerprint density at radius 1 is 1.33 bits per heavy atom. The van der Waals surface area contributed by atoms with Crippen LogP contribution in [-0.4, -0.2) is 20.0 Å². The van der Waals surface area contributed by atoms with Gasteiger partial charge in [-0.05, 0) is 18.8 Å². The fourth-order valence-corrected chi connectivity index (χ4v) is 2.45. The summed E-state index contributed by atoms with van der Waals surface area (Å²) in [5, 5.41) is 0. The fraction of sp³-hybridized carbons (Fsp3) is 0.500. The molecule has 1 unspecified atom stereocenters. The summed E-state index contributed by atoms with van der Waals surface area (Å²) in [6, 6.07) is 1.29. The van der Waals surface area contributed by atoms with Gasteiger partial charge in [0.15, 0.2) is 17.3 Å². The van der Waals surface area contributed by atoms with Crippen LogP contribution < -0.4 is 9.47 Å². The van der Waals surface area contributed by atoms with Crippen molar-refractivity contribution in [3.63, 3.8) is 0 Å². The van der Waals surface area contributed by atoms with Crippen LogP contribution in [0.25, 0.3) is 0 Å². The van der Waals surface area contributed by atoms with E-state index in [-0.39, 0.29) is 23.3 Å². The van der Waals surface area contributed by atoms with E-state index >= 15 is 0 Å². The molecule has 0 saturated heterocycles. The van der Waals surface area contributed by atoms with Crippen molar-refractivity contribution < 1.29 is 18.7 Å². The molecule has 98 valence electrons.